The lowest BCUT2D eigenvalue weighted by atomic mass is 9.74. The second-order valence-corrected chi connectivity index (χ2v) is 5.99. The molecule has 5 atom stereocenters. The minimum Gasteiger partial charge on any atom is -0.378 e. The summed E-state index contributed by atoms with van der Waals surface area (Å²) in [6.07, 6.45) is 7.41. The Morgan fingerprint density at radius 1 is 1.12 bits per heavy atom. The molecule has 0 bridgehead atoms. The Labute approximate surface area is 100 Å². The van der Waals surface area contributed by atoms with Crippen LogP contribution in [0.15, 0.2) is 0 Å². The highest BCUT2D eigenvalue weighted by Gasteiger charge is 2.35. The van der Waals surface area contributed by atoms with Crippen molar-refractivity contribution in [1.82, 2.24) is 5.32 Å². The molecule has 2 aliphatic rings. The Morgan fingerprint density at radius 2 is 1.94 bits per heavy atom. The first-order valence-corrected chi connectivity index (χ1v) is 6.99. The molecule has 16 heavy (non-hydrogen) atoms. The Bertz CT molecular complexity index is 219. The predicted molar refractivity (Wildman–Crippen MR) is 67.5 cm³/mol. The van der Waals surface area contributed by atoms with Gasteiger partial charge in [-0.3, -0.25) is 0 Å². The summed E-state index contributed by atoms with van der Waals surface area (Å²) in [5.41, 5.74) is 0. The van der Waals surface area contributed by atoms with Crippen molar-refractivity contribution in [3.05, 3.63) is 0 Å². The van der Waals surface area contributed by atoms with Crippen molar-refractivity contribution in [2.75, 3.05) is 13.7 Å². The molecule has 0 aromatic carbocycles. The molecule has 2 nitrogen and oxygen atoms in total. The Morgan fingerprint density at radius 3 is 2.50 bits per heavy atom. The largest absolute Gasteiger partial charge is 0.378 e. The highest BCUT2D eigenvalue weighted by molar-refractivity contribution is 4.88. The van der Waals surface area contributed by atoms with Crippen molar-refractivity contribution in [3.63, 3.8) is 0 Å². The third-order valence-corrected chi connectivity index (χ3v) is 4.56. The van der Waals surface area contributed by atoms with Crippen molar-refractivity contribution in [2.24, 2.45) is 17.8 Å². The molecule has 1 N–H and O–H groups in total. The maximum absolute atomic E-state index is 5.73. The summed E-state index contributed by atoms with van der Waals surface area (Å²) in [6.45, 7) is 5.58. The maximum Gasteiger partial charge on any atom is 0.0551 e. The van der Waals surface area contributed by atoms with Crippen LogP contribution in [-0.4, -0.2) is 25.8 Å². The fourth-order valence-corrected chi connectivity index (χ4v) is 3.76. The van der Waals surface area contributed by atoms with E-state index in [9.17, 15) is 0 Å². The summed E-state index contributed by atoms with van der Waals surface area (Å²) in [7, 11) is 2.13. The van der Waals surface area contributed by atoms with Gasteiger partial charge in [0, 0.05) is 12.0 Å². The van der Waals surface area contributed by atoms with E-state index in [2.05, 4.69) is 26.2 Å². The molecule has 0 amide bonds. The molecule has 2 fully saturated rings. The third kappa shape index (κ3) is 2.78. The highest BCUT2D eigenvalue weighted by atomic mass is 16.5. The van der Waals surface area contributed by atoms with Crippen molar-refractivity contribution in [1.29, 1.82) is 0 Å². The summed E-state index contributed by atoms with van der Waals surface area (Å²) in [4.78, 5) is 0. The van der Waals surface area contributed by atoms with Crippen LogP contribution in [0.5, 0.6) is 0 Å². The standard InChI is InChI=1S/C14H27NO/c1-10-5-4-6-12(7-10)14(15-3)13-8-11(2)16-9-13/h10-15H,4-9H2,1-3H3. The molecule has 1 saturated carbocycles. The summed E-state index contributed by atoms with van der Waals surface area (Å²) in [5, 5.41) is 3.57. The van der Waals surface area contributed by atoms with E-state index < -0.39 is 0 Å². The lowest BCUT2D eigenvalue weighted by Crippen LogP contribution is -2.42. The molecule has 2 rings (SSSR count). The average Bonchev–Trinajstić information content (AvgIpc) is 2.66. The van der Waals surface area contributed by atoms with Crippen LogP contribution in [-0.2, 0) is 4.74 Å². The van der Waals surface area contributed by atoms with Crippen molar-refractivity contribution in [3.8, 4) is 0 Å². The zero-order valence-corrected chi connectivity index (χ0v) is 11.0. The van der Waals surface area contributed by atoms with E-state index in [4.69, 9.17) is 4.74 Å². The fraction of sp³-hybridized carbons (Fsp3) is 1.00. The Balaban J connectivity index is 1.93. The molecular formula is C14H27NO. The average molecular weight is 225 g/mol. The second kappa shape index (κ2) is 5.50. The molecule has 1 saturated heterocycles. The van der Waals surface area contributed by atoms with Crippen LogP contribution >= 0.6 is 0 Å². The molecule has 1 aliphatic carbocycles. The van der Waals surface area contributed by atoms with Gasteiger partial charge in [0.05, 0.1) is 12.7 Å². The van der Waals surface area contributed by atoms with Crippen LogP contribution in [0.2, 0.25) is 0 Å². The summed E-state index contributed by atoms with van der Waals surface area (Å²) in [6, 6.07) is 0.688. The van der Waals surface area contributed by atoms with E-state index in [0.717, 1.165) is 24.4 Å². The smallest absolute Gasteiger partial charge is 0.0551 e. The summed E-state index contributed by atoms with van der Waals surface area (Å²) >= 11 is 0. The van der Waals surface area contributed by atoms with Gasteiger partial charge in [-0.1, -0.05) is 19.8 Å². The highest BCUT2D eigenvalue weighted by Crippen LogP contribution is 2.35. The molecular weight excluding hydrogens is 198 g/mol. The van der Waals surface area contributed by atoms with E-state index >= 15 is 0 Å². The summed E-state index contributed by atoms with van der Waals surface area (Å²) in [5.74, 6) is 2.55. The van der Waals surface area contributed by atoms with Gasteiger partial charge >= 0.3 is 0 Å². The quantitative estimate of drug-likeness (QED) is 0.797. The molecule has 94 valence electrons. The maximum atomic E-state index is 5.73. The van der Waals surface area contributed by atoms with Crippen LogP contribution in [0.3, 0.4) is 0 Å². The second-order valence-electron chi connectivity index (χ2n) is 5.99. The van der Waals surface area contributed by atoms with Gasteiger partial charge in [0.15, 0.2) is 0 Å². The molecule has 2 heteroatoms. The molecule has 0 aromatic heterocycles. The Hall–Kier alpha value is -0.0800. The SMILES string of the molecule is CNC(C1CCCC(C)C1)C1COC(C)C1. The van der Waals surface area contributed by atoms with Crippen LogP contribution < -0.4 is 5.32 Å². The molecule has 0 spiro atoms. The van der Waals surface area contributed by atoms with Gasteiger partial charge in [0.2, 0.25) is 0 Å². The van der Waals surface area contributed by atoms with Crippen LogP contribution in [0.1, 0.15) is 46.0 Å². The van der Waals surface area contributed by atoms with E-state index in [0.29, 0.717) is 12.1 Å². The zero-order valence-electron chi connectivity index (χ0n) is 11.0. The van der Waals surface area contributed by atoms with E-state index in [1.165, 1.54) is 32.1 Å². The first-order valence-electron chi connectivity index (χ1n) is 6.99. The van der Waals surface area contributed by atoms with Crippen LogP contribution in [0.25, 0.3) is 0 Å². The van der Waals surface area contributed by atoms with Gasteiger partial charge in [-0.25, -0.2) is 0 Å². The monoisotopic (exact) mass is 225 g/mol. The van der Waals surface area contributed by atoms with Crippen molar-refractivity contribution < 1.29 is 4.74 Å². The van der Waals surface area contributed by atoms with Gasteiger partial charge in [-0.05, 0) is 45.1 Å². The predicted octanol–water partition coefficient (Wildman–Crippen LogP) is 2.83. The summed E-state index contributed by atoms with van der Waals surface area (Å²) < 4.78 is 5.73. The Kier molecular flexibility index (Phi) is 4.26. The molecule has 0 radical (unpaired) electrons. The van der Waals surface area contributed by atoms with Gasteiger partial charge < -0.3 is 10.1 Å². The third-order valence-electron chi connectivity index (χ3n) is 4.56. The number of nitrogens with one attached hydrogen (secondary N) is 1. The van der Waals surface area contributed by atoms with Gasteiger partial charge in [0.1, 0.15) is 0 Å². The number of hydrogen-bond acceptors (Lipinski definition) is 2. The minimum atomic E-state index is 0.474. The zero-order chi connectivity index (χ0) is 11.5. The van der Waals surface area contributed by atoms with Crippen LogP contribution in [0.4, 0.5) is 0 Å². The molecule has 5 unspecified atom stereocenters. The first kappa shape index (κ1) is 12.4. The van der Waals surface area contributed by atoms with Gasteiger partial charge in [-0.15, -0.1) is 0 Å². The van der Waals surface area contributed by atoms with Crippen LogP contribution in [0, 0.1) is 17.8 Å². The topological polar surface area (TPSA) is 21.3 Å². The molecule has 1 heterocycles. The molecule has 0 aromatic rings. The molecule has 1 aliphatic heterocycles. The number of hydrogen-bond donors (Lipinski definition) is 1. The lowest BCUT2D eigenvalue weighted by Gasteiger charge is -2.36. The van der Waals surface area contributed by atoms with E-state index in [1.54, 1.807) is 0 Å². The van der Waals surface area contributed by atoms with Crippen molar-refractivity contribution in [2.45, 2.75) is 58.1 Å². The first-order chi connectivity index (χ1) is 7.70. The van der Waals surface area contributed by atoms with Crippen molar-refractivity contribution >= 4 is 0 Å². The lowest BCUT2D eigenvalue weighted by molar-refractivity contribution is 0.109. The fourth-order valence-electron chi connectivity index (χ4n) is 3.76. The van der Waals surface area contributed by atoms with Gasteiger partial charge in [-0.2, -0.15) is 0 Å². The minimum absolute atomic E-state index is 0.474. The number of ether oxygens (including phenoxy) is 1. The van der Waals surface area contributed by atoms with E-state index in [-0.39, 0.29) is 0 Å². The van der Waals surface area contributed by atoms with Gasteiger partial charge in [0.25, 0.3) is 0 Å². The number of rotatable bonds is 3. The normalized spacial score (nSPS) is 42.2. The van der Waals surface area contributed by atoms with E-state index in [1.807, 2.05) is 0 Å².